The second kappa shape index (κ2) is 27.6. The Morgan fingerprint density at radius 3 is 2.32 bits per heavy atom. The van der Waals surface area contributed by atoms with E-state index in [1.165, 1.54) is 36.1 Å². The molecular formula is C53H68N9O23P3S2+2. The van der Waals surface area contributed by atoms with Crippen LogP contribution in [0.1, 0.15) is 69.4 Å². The van der Waals surface area contributed by atoms with E-state index in [4.69, 9.17) is 33.9 Å². The predicted octanol–water partition coefficient (Wildman–Crippen LogP) is 3.50. The number of aromatic nitrogens is 4. The fourth-order valence-electron chi connectivity index (χ4n) is 10.9. The van der Waals surface area contributed by atoms with Gasteiger partial charge in [-0.15, -0.1) is 0 Å². The molecule has 32 nitrogen and oxygen atoms in total. The van der Waals surface area contributed by atoms with Crippen molar-refractivity contribution < 1.29 is 106 Å². The number of H-pyrrole nitrogens is 1. The second-order valence-corrected chi connectivity index (χ2v) is 28.5. The Labute approximate surface area is 514 Å². The van der Waals surface area contributed by atoms with Crippen LogP contribution in [-0.2, 0) is 73.8 Å². The topological polar surface area (TPSA) is 465 Å². The van der Waals surface area contributed by atoms with Crippen LogP contribution in [0.2, 0.25) is 0 Å². The molecule has 0 bridgehead atoms. The minimum Gasteiger partial charge on any atom is -0.456 e. The first-order chi connectivity index (χ1) is 42.1. The van der Waals surface area contributed by atoms with Crippen LogP contribution >= 0.6 is 23.5 Å². The number of alkyl carbamates (subject to hydrolysis) is 1. The van der Waals surface area contributed by atoms with Crippen molar-refractivity contribution in [3.05, 3.63) is 123 Å². The average molecular weight is 1360 g/mol. The number of nitrogens with zero attached hydrogens (tertiary/aromatic N) is 5. The van der Waals surface area contributed by atoms with Crippen LogP contribution in [0.3, 0.4) is 0 Å². The Bertz CT molecular complexity index is 4260. The lowest BCUT2D eigenvalue weighted by Crippen LogP contribution is -2.47. The van der Waals surface area contributed by atoms with Crippen LogP contribution in [0, 0.1) is 6.92 Å². The first kappa shape index (κ1) is 69.1. The van der Waals surface area contributed by atoms with Crippen LogP contribution in [0.15, 0.2) is 105 Å². The van der Waals surface area contributed by atoms with Gasteiger partial charge in [0.1, 0.15) is 30.7 Å². The number of carbonyl (C=O) groups excluding carboxylic acids is 2. The summed E-state index contributed by atoms with van der Waals surface area (Å²) in [5.74, 6) is -0.220. The molecule has 12 N–H and O–H groups in total. The summed E-state index contributed by atoms with van der Waals surface area (Å²) >= 11 is 0. The van der Waals surface area contributed by atoms with E-state index in [0.29, 0.717) is 28.5 Å². The molecular weight excluding hydrogens is 1290 g/mol. The highest BCUT2D eigenvalue weighted by molar-refractivity contribution is 7.86. The number of hydrogen-bond acceptors (Lipinski definition) is 20. The van der Waals surface area contributed by atoms with Crippen LogP contribution < -0.4 is 41.3 Å². The smallest absolute Gasteiger partial charge is 0.456 e. The van der Waals surface area contributed by atoms with E-state index in [1.54, 1.807) is 11.0 Å². The van der Waals surface area contributed by atoms with Crippen molar-refractivity contribution in [2.45, 2.75) is 88.2 Å². The van der Waals surface area contributed by atoms with Crippen LogP contribution in [-0.4, -0.2) is 141 Å². The van der Waals surface area contributed by atoms with Crippen molar-refractivity contribution in [3.63, 3.8) is 0 Å². The van der Waals surface area contributed by atoms with Gasteiger partial charge in [0.2, 0.25) is 23.0 Å². The lowest BCUT2D eigenvalue weighted by Gasteiger charge is -2.30. The summed E-state index contributed by atoms with van der Waals surface area (Å²) in [6, 6.07) is 19.6. The molecule has 1 aliphatic carbocycles. The van der Waals surface area contributed by atoms with E-state index < -0.39 is 108 Å². The van der Waals surface area contributed by atoms with Crippen molar-refractivity contribution in [1.29, 1.82) is 0 Å². The summed E-state index contributed by atoms with van der Waals surface area (Å²) < 4.78 is 140. The zero-order chi connectivity index (χ0) is 65.9. The maximum absolute atomic E-state index is 13.5. The van der Waals surface area contributed by atoms with Gasteiger partial charge in [-0.3, -0.25) is 32.8 Å². The van der Waals surface area contributed by atoms with Crippen LogP contribution in [0.4, 0.5) is 16.4 Å². The van der Waals surface area contributed by atoms with E-state index in [1.807, 2.05) is 74.5 Å². The number of amides is 2. The highest BCUT2D eigenvalue weighted by Crippen LogP contribution is 2.66. The van der Waals surface area contributed by atoms with E-state index in [9.17, 15) is 68.9 Å². The molecule has 90 heavy (non-hydrogen) atoms. The third-order valence-corrected chi connectivity index (χ3v) is 20.4. The molecule has 3 unspecified atom stereocenters. The summed E-state index contributed by atoms with van der Waals surface area (Å²) in [5, 5.41) is 17.5. The monoisotopic (exact) mass is 1360 g/mol. The number of phosphoric ester groups is 1. The zero-order valence-electron chi connectivity index (χ0n) is 48.9. The van der Waals surface area contributed by atoms with Crippen molar-refractivity contribution in [3.8, 4) is 22.6 Å². The number of allylic oxidation sites excluding steroid dienone is 3. The quantitative estimate of drug-likeness (QED) is 0.0160. The number of nitrogen functional groups attached to an aromatic ring is 1. The molecule has 5 heterocycles. The lowest BCUT2D eigenvalue weighted by atomic mass is 9.77. The number of nitrogens with two attached hydrogens (primary N) is 1. The molecule has 8 rings (SSSR count). The van der Waals surface area contributed by atoms with E-state index in [2.05, 4.69) is 47.6 Å². The second-order valence-electron chi connectivity index (χ2n) is 21.1. The Kier molecular flexibility index (Phi) is 21.2. The number of imidazole rings is 1. The van der Waals surface area contributed by atoms with Crippen LogP contribution in [0.5, 0.6) is 0 Å². The van der Waals surface area contributed by atoms with Crippen molar-refractivity contribution >= 4 is 84.6 Å². The highest BCUT2D eigenvalue weighted by atomic mass is 32.2. The zero-order valence-corrected chi connectivity index (χ0v) is 53.2. The lowest BCUT2D eigenvalue weighted by molar-refractivity contribution is -0.745. The van der Waals surface area contributed by atoms with Crippen LogP contribution in [0.25, 0.3) is 39.9 Å². The largest absolute Gasteiger partial charge is 0.490 e. The number of hydrogen-bond donors (Lipinski definition) is 11. The molecule has 0 spiro atoms. The molecule has 2 aromatic carbocycles. The number of ether oxygens (including phenoxy) is 2. The number of phosphoric acid groups is 3. The Morgan fingerprint density at radius 1 is 0.956 bits per heavy atom. The molecule has 2 aromatic heterocycles. The summed E-state index contributed by atoms with van der Waals surface area (Å²) in [7, 11) is -25.3. The number of rotatable bonds is 26. The highest BCUT2D eigenvalue weighted by Gasteiger charge is 2.52. The molecule has 0 radical (unpaired) electrons. The molecule has 1 fully saturated rings. The van der Waals surface area contributed by atoms with Crippen molar-refractivity contribution in [2.24, 2.45) is 7.05 Å². The van der Waals surface area contributed by atoms with Gasteiger partial charge >= 0.3 is 35.2 Å². The van der Waals surface area contributed by atoms with Crippen molar-refractivity contribution in [1.82, 2.24) is 29.7 Å². The number of fused-ring (bicyclic) bond motifs is 3. The Morgan fingerprint density at radius 2 is 1.66 bits per heavy atom. The number of aromatic amines is 1. The number of nitrogens with one attached hydrogen (secondary N) is 3. The van der Waals surface area contributed by atoms with Gasteiger partial charge in [-0.25, -0.2) is 27.6 Å². The summed E-state index contributed by atoms with van der Waals surface area (Å²) in [6.07, 6.45) is -1.57. The standard InChI is InChI=1S/C53H66N9O23P3S2/c1-6-60(7-2)34-19-21-37-36(32(3)46(81-40(37)28-34)33-14-9-8-10-15-33)16-11-17-42-53(4,38-29-35(90(77,78)79)20-22-39(38)61(42)26-13-27-89(74,75)76)23-12-18-43(63)55-24-25-56-52(66)83-47-41(30-80-87(70,71)85-88(72,73)84-86(67,68)69)82-50(45(47)64)62-31-59(5)44-48(62)57-51(54)58-49(44)65/h8-11,14-17,19-22,28-29,31,41,45,47,50,64H,6-7,12-13,18,23-27,30H2,1-5H3,(H9-2,54,55,56,57,58,63,65,66,67,68,69,70,71,72,73,74,75,76,77,78,79)/p+2/t41-,45-,47-,50-,53?/m1/s1. The number of aliphatic hydroxyl groups excluding tert-OH is 1. The third kappa shape index (κ3) is 16.4. The van der Waals surface area contributed by atoms with E-state index in [-0.39, 0.29) is 62.4 Å². The van der Waals surface area contributed by atoms with Gasteiger partial charge in [0, 0.05) is 65.6 Å². The normalized spacial score (nSPS) is 20.6. The first-order valence-electron chi connectivity index (χ1n) is 27.7. The maximum atomic E-state index is 13.5. The maximum Gasteiger partial charge on any atom is 0.490 e. The summed E-state index contributed by atoms with van der Waals surface area (Å²) in [4.78, 5) is 85.1. The van der Waals surface area contributed by atoms with Crippen molar-refractivity contribution in [2.75, 3.05) is 55.7 Å². The molecule has 1 saturated heterocycles. The van der Waals surface area contributed by atoms with E-state index >= 15 is 0 Å². The molecule has 3 aliphatic heterocycles. The number of carbonyl (C=O) groups is 2. The van der Waals surface area contributed by atoms with Gasteiger partial charge < -0.3 is 59.8 Å². The number of aliphatic hydroxyl groups is 1. The molecule has 4 aromatic rings. The molecule has 4 aliphatic rings. The number of anilines is 2. The number of aryl methyl sites for hydroxylation is 1. The molecule has 0 saturated carbocycles. The first-order valence-corrected chi connectivity index (χ1v) is 35.2. The summed E-state index contributed by atoms with van der Waals surface area (Å²) in [5.41, 5.74) is 8.43. The molecule has 488 valence electrons. The number of benzene rings is 3. The van der Waals surface area contributed by atoms with Gasteiger partial charge in [-0.1, -0.05) is 47.5 Å². The molecule has 37 heteroatoms. The van der Waals surface area contributed by atoms with Gasteiger partial charge in [0.15, 0.2) is 18.5 Å². The predicted molar refractivity (Wildman–Crippen MR) is 322 cm³/mol. The van der Waals surface area contributed by atoms with Gasteiger partial charge in [-0.2, -0.15) is 25.5 Å². The fraction of sp³-hybridized carbons (Fsp3) is 0.396. The van der Waals surface area contributed by atoms with Gasteiger partial charge in [0.05, 0.1) is 30.4 Å². The average Bonchev–Trinajstić information content (AvgIpc) is 1.68. The minimum atomic E-state index is -5.98. The van der Waals surface area contributed by atoms with Gasteiger partial charge in [0.25, 0.3) is 31.7 Å². The Hall–Kier alpha value is -6.81. The minimum absolute atomic E-state index is 0.0239. The van der Waals surface area contributed by atoms with E-state index in [0.717, 1.165) is 45.3 Å². The fourth-order valence-corrected chi connectivity index (χ4v) is 14.9. The molecule has 2 amide bonds. The molecule has 7 atom stereocenters. The SMILES string of the molecule is CC[N+](CC)=c1ccc2c(/C=C/C=C3\N(CCCS(=O)(=O)O)c4ccc(S(=O)(=O)O)cc4C3(C)CCCC(=O)NCCNC(=O)O[C@H]3[C@@H](O)[C@H]([n+]4cn(C)c5c(=O)[nH]c(N)nc54)O[C@@H]3COP(=O)(O)OP(=O)(O)OP(=O)(O)O)c(C)c(-c3ccccc3)oc-2c1. The Balaban J connectivity index is 1.00. The summed E-state index contributed by atoms with van der Waals surface area (Å²) in [6.45, 7) is 7.67. The van der Waals surface area contributed by atoms with Gasteiger partial charge in [-0.05, 0) is 88.4 Å². The third-order valence-electron chi connectivity index (χ3n) is 14.9.